The average Bonchev–Trinajstić information content (AvgIpc) is 3.19. The Bertz CT molecular complexity index is 861. The number of hydrogen-bond donors (Lipinski definition) is 1. The van der Waals surface area contributed by atoms with Crippen molar-refractivity contribution in [3.8, 4) is 16.9 Å². The van der Waals surface area contributed by atoms with Gasteiger partial charge in [-0.3, -0.25) is 4.79 Å². The molecule has 148 valence electrons. The maximum Gasteiger partial charge on any atom is 0.412 e. The van der Waals surface area contributed by atoms with Gasteiger partial charge >= 0.3 is 12.1 Å². The Morgan fingerprint density at radius 3 is 2.57 bits per heavy atom. The Hall–Kier alpha value is -2.89. The normalized spacial score (nSPS) is 15.1. The third-order valence-electron chi connectivity index (χ3n) is 5.08. The highest BCUT2D eigenvalue weighted by Gasteiger charge is 2.19. The van der Waals surface area contributed by atoms with E-state index in [4.69, 9.17) is 9.47 Å². The van der Waals surface area contributed by atoms with Gasteiger partial charge in [-0.2, -0.15) is 0 Å². The maximum absolute atomic E-state index is 14.7. The zero-order chi connectivity index (χ0) is 20.1. The van der Waals surface area contributed by atoms with Crippen LogP contribution in [0.1, 0.15) is 44.1 Å². The Morgan fingerprint density at radius 1 is 1.14 bits per heavy atom. The van der Waals surface area contributed by atoms with Crippen LogP contribution in [0.15, 0.2) is 42.5 Å². The lowest BCUT2D eigenvalue weighted by molar-refractivity contribution is -0.141. The van der Waals surface area contributed by atoms with Gasteiger partial charge in [-0.1, -0.05) is 37.1 Å². The molecular formula is C22H24FNO4. The molecule has 0 saturated heterocycles. The predicted octanol–water partition coefficient (Wildman–Crippen LogP) is 4.80. The van der Waals surface area contributed by atoms with E-state index in [1.807, 2.05) is 0 Å². The minimum atomic E-state index is -0.553. The van der Waals surface area contributed by atoms with Gasteiger partial charge in [0.15, 0.2) is 0 Å². The number of hydrogen-bond acceptors (Lipinski definition) is 4. The number of rotatable bonds is 5. The molecule has 1 saturated carbocycles. The van der Waals surface area contributed by atoms with E-state index in [1.165, 1.54) is 13.2 Å². The maximum atomic E-state index is 14.7. The molecule has 1 aliphatic rings. The zero-order valence-corrected chi connectivity index (χ0v) is 16.0. The molecular weight excluding hydrogens is 361 g/mol. The quantitative estimate of drug-likeness (QED) is 0.751. The number of nitrogens with one attached hydrogen (secondary N) is 1. The van der Waals surface area contributed by atoms with E-state index < -0.39 is 23.8 Å². The first-order chi connectivity index (χ1) is 13.5. The standard InChI is InChI=1S/C22H24FNO4/c1-14(21(25)27-2)15-10-11-19(20(23)13-15)16-6-5-9-18(12-16)28-22(26)24-17-7-3-4-8-17/h5-6,9-14,17H,3-4,7-8H2,1-2H3,(H,24,26). The molecule has 0 heterocycles. The molecule has 1 N–H and O–H groups in total. The summed E-state index contributed by atoms with van der Waals surface area (Å²) in [6.45, 7) is 1.66. The van der Waals surface area contributed by atoms with Crippen LogP contribution in [-0.4, -0.2) is 25.2 Å². The van der Waals surface area contributed by atoms with Crippen LogP contribution in [0.5, 0.6) is 5.75 Å². The van der Waals surface area contributed by atoms with E-state index in [-0.39, 0.29) is 6.04 Å². The molecule has 5 nitrogen and oxygen atoms in total. The summed E-state index contributed by atoms with van der Waals surface area (Å²) in [6.07, 6.45) is 3.67. The lowest BCUT2D eigenvalue weighted by Crippen LogP contribution is -2.34. The summed E-state index contributed by atoms with van der Waals surface area (Å²) in [4.78, 5) is 23.7. The van der Waals surface area contributed by atoms with Crippen molar-refractivity contribution < 1.29 is 23.5 Å². The molecule has 1 fully saturated rings. The summed E-state index contributed by atoms with van der Waals surface area (Å²) in [5, 5.41) is 2.85. The van der Waals surface area contributed by atoms with Gasteiger partial charge in [0, 0.05) is 11.6 Å². The number of ether oxygens (including phenoxy) is 2. The Morgan fingerprint density at radius 2 is 1.89 bits per heavy atom. The van der Waals surface area contributed by atoms with Crippen molar-refractivity contribution in [2.45, 2.75) is 44.6 Å². The van der Waals surface area contributed by atoms with Crippen molar-refractivity contribution in [2.24, 2.45) is 0 Å². The van der Waals surface area contributed by atoms with Crippen LogP contribution in [-0.2, 0) is 9.53 Å². The first-order valence-corrected chi connectivity index (χ1v) is 9.44. The largest absolute Gasteiger partial charge is 0.469 e. The lowest BCUT2D eigenvalue weighted by atomic mass is 9.97. The second kappa shape index (κ2) is 8.87. The highest BCUT2D eigenvalue weighted by atomic mass is 19.1. The van der Waals surface area contributed by atoms with Crippen LogP contribution in [0, 0.1) is 5.82 Å². The van der Waals surface area contributed by atoms with Gasteiger partial charge < -0.3 is 14.8 Å². The van der Waals surface area contributed by atoms with Crippen molar-refractivity contribution in [2.75, 3.05) is 7.11 Å². The molecule has 0 aromatic heterocycles. The predicted molar refractivity (Wildman–Crippen MR) is 104 cm³/mol. The molecule has 1 amide bonds. The van der Waals surface area contributed by atoms with Crippen molar-refractivity contribution >= 4 is 12.1 Å². The van der Waals surface area contributed by atoms with Gasteiger partial charge in [0.1, 0.15) is 11.6 Å². The molecule has 1 atom stereocenters. The topological polar surface area (TPSA) is 64.6 Å². The van der Waals surface area contributed by atoms with E-state index >= 15 is 0 Å². The second-order valence-corrected chi connectivity index (χ2v) is 7.03. The van der Waals surface area contributed by atoms with Crippen LogP contribution in [0.2, 0.25) is 0 Å². The molecule has 28 heavy (non-hydrogen) atoms. The van der Waals surface area contributed by atoms with Crippen molar-refractivity contribution in [3.05, 3.63) is 53.8 Å². The number of carbonyl (C=O) groups is 2. The van der Waals surface area contributed by atoms with Gasteiger partial charge in [-0.05, 0) is 49.1 Å². The van der Waals surface area contributed by atoms with Crippen LogP contribution >= 0.6 is 0 Å². The van der Waals surface area contributed by atoms with E-state index in [0.717, 1.165) is 25.7 Å². The fourth-order valence-electron chi connectivity index (χ4n) is 3.45. The number of esters is 1. The van der Waals surface area contributed by atoms with E-state index in [2.05, 4.69) is 5.32 Å². The SMILES string of the molecule is COC(=O)C(C)c1ccc(-c2cccc(OC(=O)NC3CCCC3)c2)c(F)c1. The number of carbonyl (C=O) groups excluding carboxylic acids is 2. The molecule has 3 rings (SSSR count). The Balaban J connectivity index is 1.74. The van der Waals surface area contributed by atoms with Crippen LogP contribution in [0.3, 0.4) is 0 Å². The summed E-state index contributed by atoms with van der Waals surface area (Å²) >= 11 is 0. The summed E-state index contributed by atoms with van der Waals surface area (Å²) in [6, 6.07) is 11.5. The van der Waals surface area contributed by atoms with Gasteiger partial charge in [-0.15, -0.1) is 0 Å². The molecule has 0 radical (unpaired) electrons. The van der Waals surface area contributed by atoms with Crippen molar-refractivity contribution in [3.63, 3.8) is 0 Å². The summed E-state index contributed by atoms with van der Waals surface area (Å²) in [5.74, 6) is -1.08. The number of benzene rings is 2. The minimum absolute atomic E-state index is 0.164. The van der Waals surface area contributed by atoms with Crippen LogP contribution in [0.25, 0.3) is 11.1 Å². The first kappa shape index (κ1) is 19.9. The van der Waals surface area contributed by atoms with E-state index in [0.29, 0.717) is 22.4 Å². The highest BCUT2D eigenvalue weighted by Crippen LogP contribution is 2.29. The molecule has 1 aliphatic carbocycles. The number of halogens is 1. The van der Waals surface area contributed by atoms with Gasteiger partial charge in [0.05, 0.1) is 13.0 Å². The monoisotopic (exact) mass is 385 g/mol. The Labute approximate surface area is 163 Å². The molecule has 1 unspecified atom stereocenters. The lowest BCUT2D eigenvalue weighted by Gasteiger charge is -2.13. The fourth-order valence-corrected chi connectivity index (χ4v) is 3.45. The van der Waals surface area contributed by atoms with Crippen molar-refractivity contribution in [1.82, 2.24) is 5.32 Å². The van der Waals surface area contributed by atoms with E-state index in [1.54, 1.807) is 43.3 Å². The van der Waals surface area contributed by atoms with Crippen LogP contribution in [0.4, 0.5) is 9.18 Å². The molecule has 6 heteroatoms. The van der Waals surface area contributed by atoms with Crippen molar-refractivity contribution in [1.29, 1.82) is 0 Å². The fraction of sp³-hybridized carbons (Fsp3) is 0.364. The summed E-state index contributed by atoms with van der Waals surface area (Å²) in [7, 11) is 1.30. The highest BCUT2D eigenvalue weighted by molar-refractivity contribution is 5.78. The van der Waals surface area contributed by atoms with Gasteiger partial charge in [0.2, 0.25) is 0 Å². The summed E-state index contributed by atoms with van der Waals surface area (Å²) < 4.78 is 24.7. The molecule has 2 aromatic rings. The van der Waals surface area contributed by atoms with Gasteiger partial charge in [-0.25, -0.2) is 9.18 Å². The smallest absolute Gasteiger partial charge is 0.412 e. The van der Waals surface area contributed by atoms with E-state index in [9.17, 15) is 14.0 Å². The average molecular weight is 385 g/mol. The Kier molecular flexibility index (Phi) is 6.29. The van der Waals surface area contributed by atoms with Gasteiger partial charge in [0.25, 0.3) is 0 Å². The first-order valence-electron chi connectivity index (χ1n) is 9.44. The molecule has 0 spiro atoms. The minimum Gasteiger partial charge on any atom is -0.469 e. The molecule has 0 aliphatic heterocycles. The summed E-state index contributed by atoms with van der Waals surface area (Å²) in [5.41, 5.74) is 1.49. The molecule has 2 aromatic carbocycles. The molecule has 0 bridgehead atoms. The number of amides is 1. The second-order valence-electron chi connectivity index (χ2n) is 7.03. The third-order valence-corrected chi connectivity index (χ3v) is 5.08. The number of methoxy groups -OCH3 is 1. The van der Waals surface area contributed by atoms with Crippen LogP contribution < -0.4 is 10.1 Å². The zero-order valence-electron chi connectivity index (χ0n) is 16.0. The third kappa shape index (κ3) is 4.68.